The first-order valence-electron chi connectivity index (χ1n) is 6.45. The number of hydrogen-bond acceptors (Lipinski definition) is 5. The van der Waals surface area contributed by atoms with Crippen LogP contribution in [0.1, 0.15) is 23.2 Å². The molecule has 1 aromatic rings. The van der Waals surface area contributed by atoms with Crippen molar-refractivity contribution >= 4 is 34.8 Å². The van der Waals surface area contributed by atoms with Gasteiger partial charge in [0.25, 0.3) is 0 Å². The van der Waals surface area contributed by atoms with Crippen molar-refractivity contribution in [1.29, 1.82) is 0 Å². The van der Waals surface area contributed by atoms with Gasteiger partial charge in [-0.3, -0.25) is 14.9 Å². The minimum atomic E-state index is -0.336. The Hall–Kier alpha value is -2.02. The molecule has 2 heterocycles. The number of piperazine rings is 1. The molecule has 1 aliphatic heterocycles. The number of imide groups is 1. The third-order valence-corrected chi connectivity index (χ3v) is 3.76. The molecule has 20 heavy (non-hydrogen) atoms. The Morgan fingerprint density at radius 2 is 2.00 bits per heavy atom. The molecule has 0 bridgehead atoms. The molecule has 0 radical (unpaired) electrons. The largest absolute Gasteiger partial charge is 0.389 e. The quantitative estimate of drug-likeness (QED) is 0.573. The highest BCUT2D eigenvalue weighted by Crippen LogP contribution is 2.27. The van der Waals surface area contributed by atoms with Gasteiger partial charge in [-0.05, 0) is 30.9 Å². The van der Waals surface area contributed by atoms with Crippen molar-refractivity contribution in [3.8, 4) is 0 Å². The first-order chi connectivity index (χ1) is 9.54. The number of fused-ring (bicyclic) bond motifs is 1. The molecule has 3 N–H and O–H groups in total. The van der Waals surface area contributed by atoms with E-state index in [4.69, 9.17) is 18.0 Å². The topological polar surface area (TPSA) is 88.3 Å². The van der Waals surface area contributed by atoms with E-state index in [9.17, 15) is 9.59 Å². The maximum Gasteiger partial charge on any atom is 0.246 e. The number of carbonyl (C=O) groups is 2. The molecule has 0 atom stereocenters. The number of hydrogen-bond donors (Lipinski definition) is 2. The van der Waals surface area contributed by atoms with E-state index in [-0.39, 0.29) is 29.9 Å². The average molecular weight is 290 g/mol. The van der Waals surface area contributed by atoms with E-state index in [0.717, 1.165) is 30.5 Å². The Balaban J connectivity index is 2.05. The van der Waals surface area contributed by atoms with Crippen LogP contribution in [0.4, 0.5) is 5.82 Å². The first-order valence-corrected chi connectivity index (χ1v) is 6.85. The lowest BCUT2D eigenvalue weighted by Gasteiger charge is -2.28. The van der Waals surface area contributed by atoms with Gasteiger partial charge in [-0.25, -0.2) is 4.98 Å². The van der Waals surface area contributed by atoms with E-state index >= 15 is 0 Å². The number of rotatable bonds is 2. The highest BCUT2D eigenvalue weighted by molar-refractivity contribution is 7.80. The van der Waals surface area contributed by atoms with Crippen LogP contribution in [0.15, 0.2) is 6.07 Å². The molecule has 1 saturated heterocycles. The number of nitrogens with zero attached hydrogens (tertiary/aromatic N) is 2. The fourth-order valence-electron chi connectivity index (χ4n) is 2.67. The zero-order chi connectivity index (χ0) is 14.3. The van der Waals surface area contributed by atoms with Gasteiger partial charge in [0.05, 0.1) is 18.7 Å². The van der Waals surface area contributed by atoms with Gasteiger partial charge in [0.15, 0.2) is 0 Å². The minimum absolute atomic E-state index is 0.0904. The molecular formula is C13H14N4O2S. The van der Waals surface area contributed by atoms with Gasteiger partial charge in [0.1, 0.15) is 10.8 Å². The molecule has 7 heteroatoms. The Bertz CT molecular complexity index is 613. The number of thiocarbonyl (C=S) groups is 1. The predicted octanol–water partition coefficient (Wildman–Crippen LogP) is -0.333. The maximum atomic E-state index is 11.5. The minimum Gasteiger partial charge on any atom is -0.389 e. The summed E-state index contributed by atoms with van der Waals surface area (Å²) < 4.78 is 0. The number of nitrogens with one attached hydrogen (secondary N) is 1. The zero-order valence-electron chi connectivity index (χ0n) is 10.8. The summed E-state index contributed by atoms with van der Waals surface area (Å²) in [5, 5.41) is 2.27. The second-order valence-corrected chi connectivity index (χ2v) is 5.45. The van der Waals surface area contributed by atoms with Gasteiger partial charge in [-0.1, -0.05) is 12.2 Å². The number of nitrogens with two attached hydrogens (primary N) is 1. The summed E-state index contributed by atoms with van der Waals surface area (Å²) in [6.45, 7) is 0.181. The van der Waals surface area contributed by atoms with Crippen molar-refractivity contribution in [3.05, 3.63) is 22.9 Å². The van der Waals surface area contributed by atoms with Crippen LogP contribution in [-0.4, -0.2) is 34.9 Å². The van der Waals surface area contributed by atoms with Crippen molar-refractivity contribution < 1.29 is 9.59 Å². The molecule has 0 unspecified atom stereocenters. The molecular weight excluding hydrogens is 276 g/mol. The van der Waals surface area contributed by atoms with E-state index in [1.165, 1.54) is 0 Å². The Labute approximate surface area is 121 Å². The van der Waals surface area contributed by atoms with Crippen LogP contribution in [0.3, 0.4) is 0 Å². The normalized spacial score (nSPS) is 17.9. The van der Waals surface area contributed by atoms with Crippen molar-refractivity contribution in [2.24, 2.45) is 5.73 Å². The molecule has 2 amide bonds. The van der Waals surface area contributed by atoms with Crippen LogP contribution < -0.4 is 16.0 Å². The SMILES string of the molecule is NC(=S)c1cc2c(nc1N1CC(=O)NC(=O)C1)CCC2. The van der Waals surface area contributed by atoms with Crippen LogP contribution in [0.5, 0.6) is 0 Å². The van der Waals surface area contributed by atoms with Crippen molar-refractivity contribution in [2.45, 2.75) is 19.3 Å². The van der Waals surface area contributed by atoms with Crippen LogP contribution in [-0.2, 0) is 22.4 Å². The van der Waals surface area contributed by atoms with Gasteiger partial charge in [-0.2, -0.15) is 0 Å². The summed E-state index contributed by atoms with van der Waals surface area (Å²) >= 11 is 5.07. The van der Waals surface area contributed by atoms with Gasteiger partial charge >= 0.3 is 0 Å². The van der Waals surface area contributed by atoms with Crippen molar-refractivity contribution in [1.82, 2.24) is 10.3 Å². The van der Waals surface area contributed by atoms with Crippen molar-refractivity contribution in [3.63, 3.8) is 0 Å². The molecule has 2 aliphatic rings. The molecule has 0 saturated carbocycles. The fraction of sp³-hybridized carbons (Fsp3) is 0.385. The molecule has 0 spiro atoms. The molecule has 1 aliphatic carbocycles. The maximum absolute atomic E-state index is 11.5. The fourth-order valence-corrected chi connectivity index (χ4v) is 2.82. The smallest absolute Gasteiger partial charge is 0.246 e. The predicted molar refractivity (Wildman–Crippen MR) is 77.5 cm³/mol. The number of aromatic nitrogens is 1. The Morgan fingerprint density at radius 3 is 2.65 bits per heavy atom. The first kappa shape index (κ1) is 13.0. The van der Waals surface area contributed by atoms with E-state index in [0.29, 0.717) is 11.4 Å². The highest BCUT2D eigenvalue weighted by atomic mass is 32.1. The van der Waals surface area contributed by atoms with Gasteiger partial charge in [-0.15, -0.1) is 0 Å². The summed E-state index contributed by atoms with van der Waals surface area (Å²) in [4.78, 5) is 29.5. The number of amides is 2. The van der Waals surface area contributed by atoms with E-state index in [2.05, 4.69) is 10.3 Å². The number of aryl methyl sites for hydroxylation is 2. The third kappa shape index (κ3) is 2.24. The van der Waals surface area contributed by atoms with E-state index in [1.54, 1.807) is 4.90 Å². The third-order valence-electron chi connectivity index (χ3n) is 3.54. The molecule has 1 fully saturated rings. The van der Waals surface area contributed by atoms with Crippen LogP contribution in [0, 0.1) is 0 Å². The van der Waals surface area contributed by atoms with Crippen LogP contribution >= 0.6 is 12.2 Å². The van der Waals surface area contributed by atoms with Gasteiger partial charge in [0.2, 0.25) is 11.8 Å². The number of anilines is 1. The molecule has 6 nitrogen and oxygen atoms in total. The lowest BCUT2D eigenvalue weighted by atomic mass is 10.1. The highest BCUT2D eigenvalue weighted by Gasteiger charge is 2.27. The number of carbonyl (C=O) groups excluding carboxylic acids is 2. The van der Waals surface area contributed by atoms with Crippen LogP contribution in [0.25, 0.3) is 0 Å². The zero-order valence-corrected chi connectivity index (χ0v) is 11.6. The lowest BCUT2D eigenvalue weighted by molar-refractivity contribution is -0.130. The van der Waals surface area contributed by atoms with Crippen molar-refractivity contribution in [2.75, 3.05) is 18.0 Å². The molecule has 3 rings (SSSR count). The van der Waals surface area contributed by atoms with Gasteiger partial charge < -0.3 is 10.6 Å². The lowest BCUT2D eigenvalue weighted by Crippen LogP contribution is -2.52. The molecule has 1 aromatic heterocycles. The monoisotopic (exact) mass is 290 g/mol. The Kier molecular flexibility index (Phi) is 3.13. The Morgan fingerprint density at radius 1 is 1.30 bits per heavy atom. The summed E-state index contributed by atoms with van der Waals surface area (Å²) in [5.74, 6) is -0.128. The van der Waals surface area contributed by atoms with Gasteiger partial charge in [0, 0.05) is 5.69 Å². The standard InChI is InChI=1S/C13H14N4O2S/c14-12(20)8-4-7-2-1-3-9(7)15-13(8)17-5-10(18)16-11(19)6-17/h4H,1-3,5-6H2,(H2,14,20)(H,16,18,19). The summed E-state index contributed by atoms with van der Waals surface area (Å²) in [5.41, 5.74) is 8.57. The van der Waals surface area contributed by atoms with E-state index in [1.807, 2.05) is 6.07 Å². The summed E-state index contributed by atoms with van der Waals surface area (Å²) in [6.07, 6.45) is 2.94. The average Bonchev–Trinajstić information content (AvgIpc) is 2.83. The van der Waals surface area contributed by atoms with Crippen LogP contribution in [0.2, 0.25) is 0 Å². The summed E-state index contributed by atoms with van der Waals surface area (Å²) in [6, 6.07) is 1.95. The molecule has 0 aromatic carbocycles. The summed E-state index contributed by atoms with van der Waals surface area (Å²) in [7, 11) is 0. The second-order valence-electron chi connectivity index (χ2n) is 5.01. The van der Waals surface area contributed by atoms with E-state index < -0.39 is 0 Å². The molecule has 104 valence electrons. The second kappa shape index (κ2) is 4.82. The number of pyridine rings is 1.